The maximum absolute atomic E-state index is 11.8. The minimum Gasteiger partial charge on any atom is -0.374 e. The first-order valence-corrected chi connectivity index (χ1v) is 7.20. The fraction of sp³-hybridized carbons (Fsp3) is 0.750. The minimum atomic E-state index is -2.40. The fourth-order valence-corrected chi connectivity index (χ4v) is 2.41. The lowest BCUT2D eigenvalue weighted by Crippen LogP contribution is -2.22. The summed E-state index contributed by atoms with van der Waals surface area (Å²) < 4.78 is 31.4. The Morgan fingerprint density at radius 2 is 2.16 bits per heavy atom. The van der Waals surface area contributed by atoms with E-state index in [0.717, 1.165) is 28.8 Å². The van der Waals surface area contributed by atoms with E-state index in [9.17, 15) is 8.78 Å². The highest BCUT2D eigenvalue weighted by molar-refractivity contribution is 9.10. The van der Waals surface area contributed by atoms with E-state index in [4.69, 9.17) is 4.74 Å². The lowest BCUT2D eigenvalue weighted by atomic mass is 10.3. The van der Waals surface area contributed by atoms with Crippen molar-refractivity contribution in [1.82, 2.24) is 15.1 Å². The lowest BCUT2D eigenvalue weighted by molar-refractivity contribution is 0.0187. The van der Waals surface area contributed by atoms with Gasteiger partial charge in [0.1, 0.15) is 6.61 Å². The largest absolute Gasteiger partial charge is 0.374 e. The summed E-state index contributed by atoms with van der Waals surface area (Å²) in [5, 5.41) is 7.65. The van der Waals surface area contributed by atoms with E-state index in [1.165, 1.54) is 0 Å². The zero-order valence-corrected chi connectivity index (χ0v) is 12.8. The van der Waals surface area contributed by atoms with Crippen LogP contribution >= 0.6 is 15.9 Å². The quantitative estimate of drug-likeness (QED) is 0.703. The SMILES string of the molecule is CCc1nn(CC)c(CNCCOCC(F)F)c1Br. The van der Waals surface area contributed by atoms with E-state index in [1.54, 1.807) is 0 Å². The van der Waals surface area contributed by atoms with Crippen LogP contribution in [0.5, 0.6) is 0 Å². The first-order chi connectivity index (χ1) is 9.10. The van der Waals surface area contributed by atoms with Crippen molar-refractivity contribution >= 4 is 15.9 Å². The molecule has 0 atom stereocenters. The van der Waals surface area contributed by atoms with Crippen LogP contribution in [0.4, 0.5) is 8.78 Å². The molecule has 1 heterocycles. The van der Waals surface area contributed by atoms with Crippen LogP contribution in [-0.4, -0.2) is 36.0 Å². The Balaban J connectivity index is 2.38. The first-order valence-electron chi connectivity index (χ1n) is 6.40. The van der Waals surface area contributed by atoms with Gasteiger partial charge in [-0.05, 0) is 29.3 Å². The molecule has 0 spiro atoms. The average molecular weight is 340 g/mol. The molecule has 7 heteroatoms. The number of nitrogens with one attached hydrogen (secondary N) is 1. The standard InChI is InChI=1S/C12H20BrF2N3O/c1-3-9-12(13)10(18(4-2)17-9)7-16-5-6-19-8-11(14)15/h11,16H,3-8H2,1-2H3. The van der Waals surface area contributed by atoms with Crippen molar-refractivity contribution in [3.8, 4) is 0 Å². The second-order valence-corrected chi connectivity index (χ2v) is 4.81. The van der Waals surface area contributed by atoms with E-state index < -0.39 is 13.0 Å². The Morgan fingerprint density at radius 3 is 2.74 bits per heavy atom. The van der Waals surface area contributed by atoms with Crippen molar-refractivity contribution < 1.29 is 13.5 Å². The third-order valence-electron chi connectivity index (χ3n) is 2.65. The van der Waals surface area contributed by atoms with Crippen molar-refractivity contribution in [3.05, 3.63) is 15.9 Å². The summed E-state index contributed by atoms with van der Waals surface area (Å²) >= 11 is 3.55. The van der Waals surface area contributed by atoms with Crippen molar-refractivity contribution in [1.29, 1.82) is 0 Å². The molecule has 1 rings (SSSR count). The molecule has 0 fully saturated rings. The normalized spacial score (nSPS) is 11.5. The van der Waals surface area contributed by atoms with Gasteiger partial charge in [0, 0.05) is 19.6 Å². The topological polar surface area (TPSA) is 39.1 Å². The van der Waals surface area contributed by atoms with Gasteiger partial charge < -0.3 is 10.1 Å². The third kappa shape index (κ3) is 5.16. The van der Waals surface area contributed by atoms with Gasteiger partial charge in [-0.15, -0.1) is 0 Å². The summed E-state index contributed by atoms with van der Waals surface area (Å²) in [6, 6.07) is 0. The van der Waals surface area contributed by atoms with E-state index in [0.29, 0.717) is 13.1 Å². The summed E-state index contributed by atoms with van der Waals surface area (Å²) in [6.07, 6.45) is -1.53. The van der Waals surface area contributed by atoms with Crippen molar-refractivity contribution in [2.45, 2.75) is 39.8 Å². The number of ether oxygens (including phenoxy) is 1. The summed E-state index contributed by atoms with van der Waals surface area (Å²) in [5.74, 6) is 0. The van der Waals surface area contributed by atoms with Crippen LogP contribution in [-0.2, 0) is 24.2 Å². The van der Waals surface area contributed by atoms with Gasteiger partial charge in [0.2, 0.25) is 0 Å². The van der Waals surface area contributed by atoms with Gasteiger partial charge in [0.25, 0.3) is 6.43 Å². The van der Waals surface area contributed by atoms with Crippen LogP contribution < -0.4 is 5.32 Å². The Bertz CT molecular complexity index is 385. The smallest absolute Gasteiger partial charge is 0.261 e. The second-order valence-electron chi connectivity index (χ2n) is 4.02. The monoisotopic (exact) mass is 339 g/mol. The molecular weight excluding hydrogens is 320 g/mol. The van der Waals surface area contributed by atoms with Gasteiger partial charge in [-0.25, -0.2) is 8.78 Å². The van der Waals surface area contributed by atoms with E-state index in [-0.39, 0.29) is 6.61 Å². The van der Waals surface area contributed by atoms with E-state index >= 15 is 0 Å². The molecule has 1 N–H and O–H groups in total. The maximum atomic E-state index is 11.8. The van der Waals surface area contributed by atoms with Crippen LogP contribution in [0.2, 0.25) is 0 Å². The molecule has 0 unspecified atom stereocenters. The summed E-state index contributed by atoms with van der Waals surface area (Å²) in [7, 11) is 0. The summed E-state index contributed by atoms with van der Waals surface area (Å²) in [5.41, 5.74) is 2.11. The molecule has 0 amide bonds. The van der Waals surface area contributed by atoms with Crippen molar-refractivity contribution in [2.24, 2.45) is 0 Å². The molecule has 0 aromatic carbocycles. The van der Waals surface area contributed by atoms with Crippen LogP contribution in [0.15, 0.2) is 4.47 Å². The van der Waals surface area contributed by atoms with Gasteiger partial charge in [-0.1, -0.05) is 6.92 Å². The number of halogens is 3. The highest BCUT2D eigenvalue weighted by Crippen LogP contribution is 2.22. The Kier molecular flexibility index (Phi) is 7.48. The molecule has 0 radical (unpaired) electrons. The zero-order valence-electron chi connectivity index (χ0n) is 11.3. The predicted octanol–water partition coefficient (Wildman–Crippen LogP) is 2.60. The Labute approximate surface area is 120 Å². The fourth-order valence-electron chi connectivity index (χ4n) is 1.71. The highest BCUT2D eigenvalue weighted by atomic mass is 79.9. The van der Waals surface area contributed by atoms with Gasteiger partial charge in [-0.3, -0.25) is 4.68 Å². The number of hydrogen-bond acceptors (Lipinski definition) is 3. The van der Waals surface area contributed by atoms with Gasteiger partial charge >= 0.3 is 0 Å². The third-order valence-corrected chi connectivity index (χ3v) is 3.57. The van der Waals surface area contributed by atoms with Crippen LogP contribution in [0, 0.1) is 0 Å². The maximum Gasteiger partial charge on any atom is 0.261 e. The molecule has 0 bridgehead atoms. The number of aromatic nitrogens is 2. The molecule has 0 saturated heterocycles. The molecule has 0 aliphatic heterocycles. The molecule has 19 heavy (non-hydrogen) atoms. The number of alkyl halides is 2. The molecular formula is C12H20BrF2N3O. The Hall–Kier alpha value is -0.530. The number of aryl methyl sites for hydroxylation is 2. The lowest BCUT2D eigenvalue weighted by Gasteiger charge is -2.08. The summed E-state index contributed by atoms with van der Waals surface area (Å²) in [6.45, 7) is 5.85. The molecule has 4 nitrogen and oxygen atoms in total. The molecule has 0 aliphatic rings. The number of hydrogen-bond donors (Lipinski definition) is 1. The summed E-state index contributed by atoms with van der Waals surface area (Å²) in [4.78, 5) is 0. The van der Waals surface area contributed by atoms with Gasteiger partial charge in [0.15, 0.2) is 0 Å². The van der Waals surface area contributed by atoms with Crippen molar-refractivity contribution in [3.63, 3.8) is 0 Å². The molecule has 0 saturated carbocycles. The van der Waals surface area contributed by atoms with Crippen LogP contribution in [0.25, 0.3) is 0 Å². The molecule has 110 valence electrons. The molecule has 0 aliphatic carbocycles. The average Bonchev–Trinajstić information content (AvgIpc) is 2.69. The highest BCUT2D eigenvalue weighted by Gasteiger charge is 2.12. The first kappa shape index (κ1) is 16.5. The van der Waals surface area contributed by atoms with E-state index in [1.807, 2.05) is 11.6 Å². The molecule has 1 aromatic rings. The van der Waals surface area contributed by atoms with Crippen molar-refractivity contribution in [2.75, 3.05) is 19.8 Å². The van der Waals surface area contributed by atoms with Crippen LogP contribution in [0.1, 0.15) is 25.2 Å². The predicted molar refractivity (Wildman–Crippen MR) is 73.5 cm³/mol. The van der Waals surface area contributed by atoms with E-state index in [2.05, 4.69) is 33.3 Å². The zero-order chi connectivity index (χ0) is 14.3. The van der Waals surface area contributed by atoms with Crippen LogP contribution in [0.3, 0.4) is 0 Å². The Morgan fingerprint density at radius 1 is 1.42 bits per heavy atom. The number of nitrogens with zero attached hydrogens (tertiary/aromatic N) is 2. The molecule has 1 aromatic heterocycles. The second kappa shape index (κ2) is 8.60. The minimum absolute atomic E-state index is 0.281. The van der Waals surface area contributed by atoms with Gasteiger partial charge in [0.05, 0.1) is 22.5 Å². The number of rotatable bonds is 9. The van der Waals surface area contributed by atoms with Gasteiger partial charge in [-0.2, -0.15) is 5.10 Å².